The van der Waals surface area contributed by atoms with E-state index in [-0.39, 0.29) is 5.75 Å². The van der Waals surface area contributed by atoms with Gasteiger partial charge in [-0.1, -0.05) is 31.0 Å². The maximum absolute atomic E-state index is 9.70. The molecule has 2 N–H and O–H groups in total. The van der Waals surface area contributed by atoms with Crippen molar-refractivity contribution in [2.45, 2.75) is 32.7 Å². The first-order valence-corrected chi connectivity index (χ1v) is 6.71. The number of nitrogens with one attached hydrogen (secondary N) is 1. The van der Waals surface area contributed by atoms with Gasteiger partial charge in [-0.2, -0.15) is 0 Å². The Morgan fingerprint density at radius 2 is 2.24 bits per heavy atom. The Morgan fingerprint density at radius 1 is 1.41 bits per heavy atom. The molecule has 2 unspecified atom stereocenters. The van der Waals surface area contributed by atoms with Crippen molar-refractivity contribution in [2.24, 2.45) is 11.8 Å². The average molecular weight is 254 g/mol. The molecule has 0 amide bonds. The van der Waals surface area contributed by atoms with E-state index in [0.29, 0.717) is 11.6 Å². The average Bonchev–Trinajstić information content (AvgIpc) is 2.69. The number of aromatic hydroxyl groups is 1. The number of phenolic OH excluding ortho intramolecular Hbond substituents is 1. The van der Waals surface area contributed by atoms with Gasteiger partial charge in [-0.3, -0.25) is 0 Å². The van der Waals surface area contributed by atoms with E-state index in [1.165, 1.54) is 19.3 Å². The van der Waals surface area contributed by atoms with Gasteiger partial charge in [0.05, 0.1) is 0 Å². The Labute approximate surface area is 108 Å². The standard InChI is InChI=1S/C14H20ClNO/c1-10-5-6-11(7-10)8-16-9-12-13(15)3-2-4-14(12)17/h2-4,10-11,16-17H,5-9H2,1H3. The maximum Gasteiger partial charge on any atom is 0.121 e. The molecule has 0 bridgehead atoms. The van der Waals surface area contributed by atoms with Gasteiger partial charge in [0.1, 0.15) is 5.75 Å². The fourth-order valence-corrected chi connectivity index (χ4v) is 2.87. The molecular formula is C14H20ClNO. The molecule has 94 valence electrons. The molecule has 0 aliphatic heterocycles. The van der Waals surface area contributed by atoms with Crippen molar-refractivity contribution in [1.29, 1.82) is 0 Å². The number of halogens is 1. The molecule has 2 nitrogen and oxygen atoms in total. The predicted molar refractivity (Wildman–Crippen MR) is 71.3 cm³/mol. The molecule has 0 saturated heterocycles. The fourth-order valence-electron chi connectivity index (χ4n) is 2.63. The lowest BCUT2D eigenvalue weighted by Crippen LogP contribution is -2.21. The summed E-state index contributed by atoms with van der Waals surface area (Å²) in [6.07, 6.45) is 3.99. The van der Waals surface area contributed by atoms with Crippen LogP contribution in [0.4, 0.5) is 0 Å². The van der Waals surface area contributed by atoms with Crippen LogP contribution in [0.1, 0.15) is 31.7 Å². The zero-order valence-corrected chi connectivity index (χ0v) is 11.0. The highest BCUT2D eigenvalue weighted by Crippen LogP contribution is 2.30. The number of benzene rings is 1. The molecule has 0 aromatic heterocycles. The van der Waals surface area contributed by atoms with Gasteiger partial charge < -0.3 is 10.4 Å². The molecule has 0 radical (unpaired) electrons. The van der Waals surface area contributed by atoms with Crippen molar-refractivity contribution in [3.8, 4) is 5.75 Å². The second-order valence-corrected chi connectivity index (χ2v) is 5.56. The fraction of sp³-hybridized carbons (Fsp3) is 0.571. The molecule has 0 heterocycles. The van der Waals surface area contributed by atoms with Crippen LogP contribution in [0.15, 0.2) is 18.2 Å². The van der Waals surface area contributed by atoms with Crippen LogP contribution in [-0.4, -0.2) is 11.7 Å². The van der Waals surface area contributed by atoms with Crippen LogP contribution in [0.2, 0.25) is 5.02 Å². The normalized spacial score (nSPS) is 24.1. The number of hydrogen-bond acceptors (Lipinski definition) is 2. The topological polar surface area (TPSA) is 32.3 Å². The minimum absolute atomic E-state index is 0.282. The van der Waals surface area contributed by atoms with Crippen LogP contribution >= 0.6 is 11.6 Å². The minimum Gasteiger partial charge on any atom is -0.508 e. The molecule has 1 aromatic rings. The Hall–Kier alpha value is -0.730. The summed E-state index contributed by atoms with van der Waals surface area (Å²) in [6.45, 7) is 3.99. The smallest absolute Gasteiger partial charge is 0.121 e. The molecule has 2 atom stereocenters. The van der Waals surface area contributed by atoms with Crippen molar-refractivity contribution in [1.82, 2.24) is 5.32 Å². The van der Waals surface area contributed by atoms with Gasteiger partial charge in [0, 0.05) is 17.1 Å². The SMILES string of the molecule is CC1CCC(CNCc2c(O)cccc2Cl)C1. The summed E-state index contributed by atoms with van der Waals surface area (Å²) < 4.78 is 0. The maximum atomic E-state index is 9.70. The Kier molecular flexibility index (Phi) is 4.30. The molecule has 3 heteroatoms. The third-order valence-corrected chi connectivity index (χ3v) is 3.99. The van der Waals surface area contributed by atoms with Gasteiger partial charge in [-0.05, 0) is 43.4 Å². The van der Waals surface area contributed by atoms with E-state index in [1.54, 1.807) is 12.1 Å². The first-order chi connectivity index (χ1) is 8.16. The number of rotatable bonds is 4. The van der Waals surface area contributed by atoms with Crippen LogP contribution in [0.5, 0.6) is 5.75 Å². The lowest BCUT2D eigenvalue weighted by molar-refractivity contribution is 0.449. The van der Waals surface area contributed by atoms with Crippen molar-refractivity contribution in [2.75, 3.05) is 6.54 Å². The summed E-state index contributed by atoms with van der Waals surface area (Å²) in [4.78, 5) is 0. The van der Waals surface area contributed by atoms with Crippen LogP contribution in [-0.2, 0) is 6.54 Å². The predicted octanol–water partition coefficient (Wildman–Crippen LogP) is 3.57. The van der Waals surface area contributed by atoms with E-state index in [1.807, 2.05) is 6.07 Å². The lowest BCUT2D eigenvalue weighted by Gasteiger charge is -2.12. The van der Waals surface area contributed by atoms with Gasteiger partial charge in [0.15, 0.2) is 0 Å². The van der Waals surface area contributed by atoms with E-state index in [4.69, 9.17) is 11.6 Å². The highest BCUT2D eigenvalue weighted by atomic mass is 35.5. The Balaban J connectivity index is 1.82. The molecule has 1 saturated carbocycles. The van der Waals surface area contributed by atoms with Gasteiger partial charge in [-0.15, -0.1) is 0 Å². The molecule has 1 fully saturated rings. The van der Waals surface area contributed by atoms with Crippen LogP contribution in [0.25, 0.3) is 0 Å². The second-order valence-electron chi connectivity index (χ2n) is 5.15. The summed E-state index contributed by atoms with van der Waals surface area (Å²) in [7, 11) is 0. The molecule has 1 aromatic carbocycles. The summed E-state index contributed by atoms with van der Waals surface area (Å²) >= 11 is 6.05. The van der Waals surface area contributed by atoms with Crippen molar-refractivity contribution in [3.05, 3.63) is 28.8 Å². The zero-order chi connectivity index (χ0) is 12.3. The number of hydrogen-bond donors (Lipinski definition) is 2. The quantitative estimate of drug-likeness (QED) is 0.860. The van der Waals surface area contributed by atoms with Crippen LogP contribution in [0, 0.1) is 11.8 Å². The van der Waals surface area contributed by atoms with Gasteiger partial charge in [0.25, 0.3) is 0 Å². The van der Waals surface area contributed by atoms with Crippen LogP contribution in [0.3, 0.4) is 0 Å². The molecule has 1 aliphatic rings. The molecule has 1 aliphatic carbocycles. The molecule has 17 heavy (non-hydrogen) atoms. The highest BCUT2D eigenvalue weighted by molar-refractivity contribution is 6.31. The largest absolute Gasteiger partial charge is 0.508 e. The highest BCUT2D eigenvalue weighted by Gasteiger charge is 2.20. The van der Waals surface area contributed by atoms with E-state index < -0.39 is 0 Å². The third kappa shape index (κ3) is 3.36. The number of phenols is 1. The van der Waals surface area contributed by atoms with Gasteiger partial charge in [-0.25, -0.2) is 0 Å². The van der Waals surface area contributed by atoms with Crippen LogP contribution < -0.4 is 5.32 Å². The van der Waals surface area contributed by atoms with E-state index in [2.05, 4.69) is 12.2 Å². The summed E-state index contributed by atoms with van der Waals surface area (Å²) in [6, 6.07) is 5.26. The Morgan fingerprint density at radius 3 is 2.88 bits per heavy atom. The minimum atomic E-state index is 0.282. The third-order valence-electron chi connectivity index (χ3n) is 3.63. The first-order valence-electron chi connectivity index (χ1n) is 6.34. The molecular weight excluding hydrogens is 234 g/mol. The zero-order valence-electron chi connectivity index (χ0n) is 10.2. The summed E-state index contributed by atoms with van der Waals surface area (Å²) in [5, 5.41) is 13.7. The summed E-state index contributed by atoms with van der Waals surface area (Å²) in [5.74, 6) is 1.94. The second kappa shape index (κ2) is 5.74. The van der Waals surface area contributed by atoms with E-state index in [9.17, 15) is 5.11 Å². The van der Waals surface area contributed by atoms with Gasteiger partial charge >= 0.3 is 0 Å². The molecule has 2 rings (SSSR count). The first kappa shape index (κ1) is 12.7. The van der Waals surface area contributed by atoms with E-state index >= 15 is 0 Å². The van der Waals surface area contributed by atoms with E-state index in [0.717, 1.165) is 23.9 Å². The van der Waals surface area contributed by atoms with Crippen molar-refractivity contribution < 1.29 is 5.11 Å². The van der Waals surface area contributed by atoms with Crippen molar-refractivity contribution in [3.63, 3.8) is 0 Å². The Bertz CT molecular complexity index is 360. The summed E-state index contributed by atoms with van der Waals surface area (Å²) in [5.41, 5.74) is 0.806. The lowest BCUT2D eigenvalue weighted by atomic mass is 10.1. The van der Waals surface area contributed by atoms with Crippen molar-refractivity contribution >= 4 is 11.6 Å². The monoisotopic (exact) mass is 253 g/mol. The van der Waals surface area contributed by atoms with Gasteiger partial charge in [0.2, 0.25) is 0 Å². The molecule has 0 spiro atoms.